The zero-order chi connectivity index (χ0) is 18.1. The molecule has 1 saturated carbocycles. The fourth-order valence-electron chi connectivity index (χ4n) is 2.95. The van der Waals surface area contributed by atoms with E-state index in [1.165, 1.54) is 32.8 Å². The van der Waals surface area contributed by atoms with E-state index in [2.05, 4.69) is 20.4 Å². The van der Waals surface area contributed by atoms with E-state index >= 15 is 0 Å². The normalized spacial score (nSPS) is 14.9. The first kappa shape index (κ1) is 22.7. The van der Waals surface area contributed by atoms with Crippen molar-refractivity contribution in [2.45, 2.75) is 51.7 Å². The van der Waals surface area contributed by atoms with Gasteiger partial charge in [0.05, 0.1) is 7.11 Å². The van der Waals surface area contributed by atoms with Crippen LogP contribution in [0, 0.1) is 0 Å². The van der Waals surface area contributed by atoms with Crippen molar-refractivity contribution in [2.75, 3.05) is 20.2 Å². The summed E-state index contributed by atoms with van der Waals surface area (Å²) in [6.45, 7) is 0.511. The maximum absolute atomic E-state index is 12.5. The Hall–Kier alpha value is -1.32. The van der Waals surface area contributed by atoms with Gasteiger partial charge in [-0.15, -0.1) is 24.0 Å². The van der Waals surface area contributed by atoms with Crippen LogP contribution in [-0.2, 0) is 6.42 Å². The first-order valence-electron chi connectivity index (χ1n) is 8.79. The van der Waals surface area contributed by atoms with E-state index in [0.29, 0.717) is 24.8 Å². The van der Waals surface area contributed by atoms with Crippen LogP contribution in [-0.4, -0.2) is 38.8 Å². The molecule has 1 fully saturated rings. The number of methoxy groups -OCH3 is 1. The zero-order valence-electron chi connectivity index (χ0n) is 15.3. The maximum Gasteiger partial charge on any atom is 0.387 e. The van der Waals surface area contributed by atoms with Crippen LogP contribution in [0.3, 0.4) is 0 Å². The molecule has 1 aliphatic rings. The van der Waals surface area contributed by atoms with Crippen molar-refractivity contribution in [1.29, 1.82) is 0 Å². The Labute approximate surface area is 171 Å². The highest BCUT2D eigenvalue weighted by Crippen LogP contribution is 2.29. The molecule has 2 N–H and O–H groups in total. The first-order valence-corrected chi connectivity index (χ1v) is 8.79. The van der Waals surface area contributed by atoms with Crippen molar-refractivity contribution < 1.29 is 18.3 Å². The third-order valence-electron chi connectivity index (χ3n) is 4.15. The summed E-state index contributed by atoms with van der Waals surface area (Å²) in [5, 5.41) is 6.70. The minimum atomic E-state index is -2.88. The second-order valence-corrected chi connectivity index (χ2v) is 6.00. The van der Waals surface area contributed by atoms with Crippen LogP contribution in [0.4, 0.5) is 8.78 Å². The summed E-state index contributed by atoms with van der Waals surface area (Å²) < 4.78 is 34.5. The number of hydrogen-bond acceptors (Lipinski definition) is 3. The first-order chi connectivity index (χ1) is 12.1. The highest BCUT2D eigenvalue weighted by Gasteiger charge is 2.16. The Balaban J connectivity index is 0.00000338. The van der Waals surface area contributed by atoms with Crippen molar-refractivity contribution in [3.8, 4) is 11.5 Å². The number of benzene rings is 1. The van der Waals surface area contributed by atoms with E-state index < -0.39 is 6.61 Å². The van der Waals surface area contributed by atoms with Crippen LogP contribution in [0.1, 0.15) is 38.2 Å². The number of nitrogens with one attached hydrogen (secondary N) is 2. The van der Waals surface area contributed by atoms with Gasteiger partial charge in [-0.25, -0.2) is 0 Å². The van der Waals surface area contributed by atoms with E-state index in [0.717, 1.165) is 18.1 Å². The van der Waals surface area contributed by atoms with E-state index in [1.54, 1.807) is 12.1 Å². The van der Waals surface area contributed by atoms with Gasteiger partial charge in [0, 0.05) is 19.1 Å². The molecule has 0 aliphatic heterocycles. The third-order valence-corrected chi connectivity index (χ3v) is 4.15. The lowest BCUT2D eigenvalue weighted by Gasteiger charge is -2.16. The van der Waals surface area contributed by atoms with Gasteiger partial charge >= 0.3 is 6.61 Å². The van der Waals surface area contributed by atoms with Gasteiger partial charge in [-0.05, 0) is 43.9 Å². The minimum absolute atomic E-state index is 0. The summed E-state index contributed by atoms with van der Waals surface area (Å²) in [4.78, 5) is 4.58. The molecule has 0 aromatic heterocycles. The van der Waals surface area contributed by atoms with Crippen molar-refractivity contribution in [2.24, 2.45) is 4.99 Å². The van der Waals surface area contributed by atoms with Gasteiger partial charge in [0.15, 0.2) is 17.5 Å². The summed E-state index contributed by atoms with van der Waals surface area (Å²) in [6, 6.07) is 5.55. The van der Waals surface area contributed by atoms with Gasteiger partial charge in [-0.1, -0.05) is 18.9 Å². The summed E-state index contributed by atoms with van der Waals surface area (Å²) in [7, 11) is 1.43. The van der Waals surface area contributed by atoms with Crippen molar-refractivity contribution in [3.63, 3.8) is 0 Å². The molecule has 0 atom stereocenters. The quantitative estimate of drug-likeness (QED) is 0.334. The summed E-state index contributed by atoms with van der Waals surface area (Å²) in [6.07, 6.45) is 5.50. The minimum Gasteiger partial charge on any atom is -0.493 e. The molecule has 0 heterocycles. The predicted octanol–water partition coefficient (Wildman–Crippen LogP) is 3.95. The molecular formula is C18H28F2IN3O2. The summed E-state index contributed by atoms with van der Waals surface area (Å²) >= 11 is 0. The lowest BCUT2D eigenvalue weighted by atomic mass is 10.1. The number of hydrogen-bond donors (Lipinski definition) is 2. The number of ether oxygens (including phenoxy) is 2. The monoisotopic (exact) mass is 483 g/mol. The molecule has 0 unspecified atom stereocenters. The number of rotatable bonds is 8. The molecule has 1 aliphatic carbocycles. The largest absolute Gasteiger partial charge is 0.493 e. The predicted molar refractivity (Wildman–Crippen MR) is 110 cm³/mol. The number of halogens is 3. The standard InChI is InChI=1S/C18H27F2N3O2.HI/c1-3-21-18(23-14-6-4-5-7-14)22-11-10-13-8-9-15(24-2)16(12-13)25-17(19)20;/h8-9,12,14,17H,3-7,10-11H2,1-2H3,(H2,21,22,23);1H. The molecule has 8 heteroatoms. The van der Waals surface area contributed by atoms with Crippen LogP contribution < -0.4 is 20.1 Å². The van der Waals surface area contributed by atoms with Crippen molar-refractivity contribution >= 4 is 29.9 Å². The molecule has 2 rings (SSSR count). The highest BCUT2D eigenvalue weighted by molar-refractivity contribution is 14.0. The lowest BCUT2D eigenvalue weighted by molar-refractivity contribution is -0.0512. The molecule has 0 saturated heterocycles. The molecule has 0 radical (unpaired) electrons. The Bertz CT molecular complexity index is 567. The number of alkyl halides is 2. The molecule has 0 bridgehead atoms. The average molecular weight is 483 g/mol. The molecular weight excluding hydrogens is 455 g/mol. The topological polar surface area (TPSA) is 54.9 Å². The average Bonchev–Trinajstić information content (AvgIpc) is 3.08. The second-order valence-electron chi connectivity index (χ2n) is 6.00. The fourth-order valence-corrected chi connectivity index (χ4v) is 2.95. The Morgan fingerprint density at radius 1 is 1.27 bits per heavy atom. The van der Waals surface area contributed by atoms with Gasteiger partial charge in [-0.3, -0.25) is 4.99 Å². The van der Waals surface area contributed by atoms with Crippen molar-refractivity contribution in [1.82, 2.24) is 10.6 Å². The van der Waals surface area contributed by atoms with Crippen LogP contribution in [0.2, 0.25) is 0 Å². The molecule has 5 nitrogen and oxygen atoms in total. The highest BCUT2D eigenvalue weighted by atomic mass is 127. The van der Waals surface area contributed by atoms with E-state index in [1.807, 2.05) is 13.0 Å². The number of nitrogens with zero attached hydrogens (tertiary/aromatic N) is 1. The Morgan fingerprint density at radius 2 is 2.00 bits per heavy atom. The van der Waals surface area contributed by atoms with Crippen LogP contribution in [0.25, 0.3) is 0 Å². The van der Waals surface area contributed by atoms with Crippen LogP contribution in [0.15, 0.2) is 23.2 Å². The molecule has 0 spiro atoms. The number of guanidine groups is 1. The van der Waals surface area contributed by atoms with Crippen LogP contribution in [0.5, 0.6) is 11.5 Å². The number of aliphatic imine (C=N–C) groups is 1. The van der Waals surface area contributed by atoms with E-state index in [-0.39, 0.29) is 29.7 Å². The zero-order valence-corrected chi connectivity index (χ0v) is 17.6. The SMILES string of the molecule is CCNC(=NCCc1ccc(OC)c(OC(F)F)c1)NC1CCCC1.I. The molecule has 1 aromatic carbocycles. The molecule has 0 amide bonds. The molecule has 26 heavy (non-hydrogen) atoms. The van der Waals surface area contributed by atoms with E-state index in [9.17, 15) is 8.78 Å². The Morgan fingerprint density at radius 3 is 2.62 bits per heavy atom. The molecule has 148 valence electrons. The van der Waals surface area contributed by atoms with Gasteiger partial charge < -0.3 is 20.1 Å². The molecule has 1 aromatic rings. The van der Waals surface area contributed by atoms with Crippen LogP contribution >= 0.6 is 24.0 Å². The fraction of sp³-hybridized carbons (Fsp3) is 0.611. The van der Waals surface area contributed by atoms with Gasteiger partial charge in [0.25, 0.3) is 0 Å². The summed E-state index contributed by atoms with van der Waals surface area (Å²) in [5.41, 5.74) is 0.872. The van der Waals surface area contributed by atoms with Gasteiger partial charge in [0.2, 0.25) is 0 Å². The second kappa shape index (κ2) is 12.1. The summed E-state index contributed by atoms with van der Waals surface area (Å²) in [5.74, 6) is 1.16. The van der Waals surface area contributed by atoms with Crippen molar-refractivity contribution in [3.05, 3.63) is 23.8 Å². The van der Waals surface area contributed by atoms with Gasteiger partial charge in [0.1, 0.15) is 0 Å². The van der Waals surface area contributed by atoms with E-state index in [4.69, 9.17) is 4.74 Å². The lowest BCUT2D eigenvalue weighted by Crippen LogP contribution is -2.42. The smallest absolute Gasteiger partial charge is 0.387 e. The Kier molecular flexibility index (Phi) is 10.6. The van der Waals surface area contributed by atoms with Gasteiger partial charge in [-0.2, -0.15) is 8.78 Å². The maximum atomic E-state index is 12.5. The third kappa shape index (κ3) is 7.51.